The standard InChI is InChI=1S/C10H16/c1-8-5-6-9(2)10(3,4)7-8/h2,7,9H,5-6H2,1,3-4H3. The third-order valence-electron chi connectivity index (χ3n) is 2.42. The van der Waals surface area contributed by atoms with E-state index in [0.717, 1.165) is 6.42 Å². The van der Waals surface area contributed by atoms with E-state index >= 15 is 0 Å². The molecular formula is C10H16. The lowest BCUT2D eigenvalue weighted by Crippen LogP contribution is -2.22. The highest BCUT2D eigenvalue weighted by Gasteiger charge is 2.26. The molecule has 56 valence electrons. The van der Waals surface area contributed by atoms with E-state index in [1.165, 1.54) is 12.0 Å². The minimum absolute atomic E-state index is 0.225. The van der Waals surface area contributed by atoms with Crippen molar-refractivity contribution in [3.63, 3.8) is 0 Å². The Morgan fingerprint density at radius 1 is 1.60 bits per heavy atom. The first-order valence-electron chi connectivity index (χ1n) is 3.96. The molecule has 0 saturated carbocycles. The molecule has 1 aliphatic rings. The quantitative estimate of drug-likeness (QED) is 0.449. The van der Waals surface area contributed by atoms with E-state index in [-0.39, 0.29) is 5.41 Å². The van der Waals surface area contributed by atoms with Crippen molar-refractivity contribution in [3.8, 4) is 0 Å². The summed E-state index contributed by atoms with van der Waals surface area (Å²) in [6, 6.07) is 0. The molecule has 0 spiro atoms. The van der Waals surface area contributed by atoms with Gasteiger partial charge in [0.25, 0.3) is 0 Å². The molecule has 0 amide bonds. The van der Waals surface area contributed by atoms with Gasteiger partial charge in [0.1, 0.15) is 0 Å². The molecule has 10 heavy (non-hydrogen) atoms. The molecule has 1 rings (SSSR count). The van der Waals surface area contributed by atoms with Crippen LogP contribution in [0.4, 0.5) is 0 Å². The fourth-order valence-corrected chi connectivity index (χ4v) is 1.57. The van der Waals surface area contributed by atoms with Crippen molar-refractivity contribution in [3.05, 3.63) is 18.6 Å². The van der Waals surface area contributed by atoms with Gasteiger partial charge in [-0.3, -0.25) is 0 Å². The van der Waals surface area contributed by atoms with Crippen LogP contribution < -0.4 is 0 Å². The van der Waals surface area contributed by atoms with Gasteiger partial charge in [0, 0.05) is 0 Å². The lowest BCUT2D eigenvalue weighted by Gasteiger charge is -2.33. The summed E-state index contributed by atoms with van der Waals surface area (Å²) in [6.07, 6.45) is 4.64. The van der Waals surface area contributed by atoms with Crippen molar-refractivity contribution < 1.29 is 0 Å². The van der Waals surface area contributed by atoms with Crippen LogP contribution in [0.2, 0.25) is 0 Å². The molecule has 0 heteroatoms. The molecule has 0 aliphatic heterocycles. The summed E-state index contributed by atoms with van der Waals surface area (Å²) in [6.45, 7) is 12.5. The SMILES string of the molecule is [CH]C1CCC(C)=CC1(C)C. The van der Waals surface area contributed by atoms with Crippen LogP contribution in [0.1, 0.15) is 33.6 Å². The summed E-state index contributed by atoms with van der Waals surface area (Å²) in [4.78, 5) is 0. The number of hydrogen-bond donors (Lipinski definition) is 0. The fourth-order valence-electron chi connectivity index (χ4n) is 1.57. The highest BCUT2D eigenvalue weighted by molar-refractivity contribution is 5.11. The van der Waals surface area contributed by atoms with Gasteiger partial charge in [-0.2, -0.15) is 0 Å². The smallest absolute Gasteiger partial charge is 0.0141 e. The van der Waals surface area contributed by atoms with Gasteiger partial charge in [-0.15, -0.1) is 0 Å². The zero-order chi connectivity index (χ0) is 7.78. The molecule has 2 radical (unpaired) electrons. The predicted molar refractivity (Wildman–Crippen MR) is 44.6 cm³/mol. The van der Waals surface area contributed by atoms with E-state index in [4.69, 9.17) is 6.92 Å². The van der Waals surface area contributed by atoms with E-state index in [1.54, 1.807) is 0 Å². The first-order valence-corrected chi connectivity index (χ1v) is 3.96. The Kier molecular flexibility index (Phi) is 1.89. The van der Waals surface area contributed by atoms with Crippen LogP contribution in [0.3, 0.4) is 0 Å². The Hall–Kier alpha value is -0.260. The van der Waals surface area contributed by atoms with Crippen LogP contribution in [0.5, 0.6) is 0 Å². The van der Waals surface area contributed by atoms with Crippen molar-refractivity contribution >= 4 is 0 Å². The minimum atomic E-state index is 0.225. The zero-order valence-corrected chi connectivity index (χ0v) is 7.15. The third-order valence-corrected chi connectivity index (χ3v) is 2.42. The summed E-state index contributed by atoms with van der Waals surface area (Å²) < 4.78 is 0. The molecule has 0 aromatic heterocycles. The molecule has 1 atom stereocenters. The topological polar surface area (TPSA) is 0 Å². The van der Waals surface area contributed by atoms with Gasteiger partial charge in [-0.05, 0) is 38.0 Å². The Morgan fingerprint density at radius 3 is 2.60 bits per heavy atom. The maximum absolute atomic E-state index is 5.93. The molecule has 0 heterocycles. The maximum atomic E-state index is 5.93. The lowest BCUT2D eigenvalue weighted by molar-refractivity contribution is 0.302. The van der Waals surface area contributed by atoms with Crippen molar-refractivity contribution in [2.24, 2.45) is 11.3 Å². The van der Waals surface area contributed by atoms with Crippen LogP contribution in [0.15, 0.2) is 11.6 Å². The van der Waals surface area contributed by atoms with Crippen molar-refractivity contribution in [2.45, 2.75) is 33.6 Å². The molecule has 1 aliphatic carbocycles. The highest BCUT2D eigenvalue weighted by Crippen LogP contribution is 2.37. The summed E-state index contributed by atoms with van der Waals surface area (Å²) >= 11 is 0. The minimum Gasteiger partial charge on any atom is -0.0796 e. The van der Waals surface area contributed by atoms with Crippen LogP contribution in [0.25, 0.3) is 0 Å². The Morgan fingerprint density at radius 2 is 2.20 bits per heavy atom. The van der Waals surface area contributed by atoms with E-state index < -0.39 is 0 Å². The lowest BCUT2D eigenvalue weighted by atomic mass is 9.72. The van der Waals surface area contributed by atoms with Gasteiger partial charge in [-0.25, -0.2) is 0 Å². The number of allylic oxidation sites excluding steroid dienone is 2. The molecule has 0 N–H and O–H groups in total. The summed E-state index contributed by atoms with van der Waals surface area (Å²) in [5.74, 6) is 0.358. The zero-order valence-electron chi connectivity index (χ0n) is 7.15. The second-order valence-corrected chi connectivity index (χ2v) is 3.96. The monoisotopic (exact) mass is 136 g/mol. The van der Waals surface area contributed by atoms with Crippen LogP contribution in [-0.4, -0.2) is 0 Å². The van der Waals surface area contributed by atoms with E-state index in [9.17, 15) is 0 Å². The molecule has 0 nitrogen and oxygen atoms in total. The second kappa shape index (κ2) is 2.41. The van der Waals surface area contributed by atoms with Crippen molar-refractivity contribution in [1.29, 1.82) is 0 Å². The van der Waals surface area contributed by atoms with Gasteiger partial charge in [-0.1, -0.05) is 25.5 Å². The third kappa shape index (κ3) is 1.42. The molecule has 0 bridgehead atoms. The van der Waals surface area contributed by atoms with Crippen molar-refractivity contribution in [2.75, 3.05) is 0 Å². The number of hydrogen-bond acceptors (Lipinski definition) is 0. The average molecular weight is 136 g/mol. The average Bonchev–Trinajstić information content (AvgIpc) is 1.78. The Balaban J connectivity index is 2.79. The number of rotatable bonds is 0. The molecule has 0 aromatic rings. The first-order chi connectivity index (χ1) is 4.52. The highest BCUT2D eigenvalue weighted by atomic mass is 14.3. The van der Waals surface area contributed by atoms with Gasteiger partial charge in [0.15, 0.2) is 0 Å². The van der Waals surface area contributed by atoms with E-state index in [2.05, 4.69) is 26.8 Å². The summed E-state index contributed by atoms with van der Waals surface area (Å²) in [5.41, 5.74) is 1.72. The van der Waals surface area contributed by atoms with Crippen LogP contribution in [0, 0.1) is 18.3 Å². The van der Waals surface area contributed by atoms with Crippen LogP contribution >= 0.6 is 0 Å². The van der Waals surface area contributed by atoms with Crippen molar-refractivity contribution in [1.82, 2.24) is 0 Å². The normalized spacial score (nSPS) is 31.6. The molecule has 0 saturated heterocycles. The largest absolute Gasteiger partial charge is 0.0796 e. The van der Waals surface area contributed by atoms with Gasteiger partial charge < -0.3 is 0 Å². The Bertz CT molecular complexity index is 151. The second-order valence-electron chi connectivity index (χ2n) is 3.96. The van der Waals surface area contributed by atoms with Gasteiger partial charge >= 0.3 is 0 Å². The van der Waals surface area contributed by atoms with E-state index in [1.807, 2.05) is 0 Å². The first kappa shape index (κ1) is 7.84. The molecule has 1 unspecified atom stereocenters. The molecular weight excluding hydrogens is 120 g/mol. The van der Waals surface area contributed by atoms with Gasteiger partial charge in [0.2, 0.25) is 0 Å². The summed E-state index contributed by atoms with van der Waals surface area (Å²) in [7, 11) is 0. The van der Waals surface area contributed by atoms with Crippen LogP contribution in [-0.2, 0) is 0 Å². The Labute approximate surface area is 64.3 Å². The summed E-state index contributed by atoms with van der Waals surface area (Å²) in [5, 5.41) is 0. The predicted octanol–water partition coefficient (Wildman–Crippen LogP) is 3.08. The maximum Gasteiger partial charge on any atom is -0.0141 e. The van der Waals surface area contributed by atoms with Gasteiger partial charge in [0.05, 0.1) is 0 Å². The fraction of sp³-hybridized carbons (Fsp3) is 0.700. The molecule has 0 fully saturated rings. The molecule has 0 aromatic carbocycles. The van der Waals surface area contributed by atoms with E-state index in [0.29, 0.717) is 5.92 Å².